The monoisotopic (exact) mass is 615 g/mol. The van der Waals surface area contributed by atoms with Gasteiger partial charge in [-0.1, -0.05) is 29.8 Å². The Morgan fingerprint density at radius 1 is 1.14 bits per heavy atom. The lowest BCUT2D eigenvalue weighted by Crippen LogP contribution is -2.55. The van der Waals surface area contributed by atoms with Crippen molar-refractivity contribution in [1.82, 2.24) is 15.3 Å². The largest absolute Gasteiger partial charge is 0.465 e. The van der Waals surface area contributed by atoms with Crippen LogP contribution in [0.4, 0.5) is 23.2 Å². The summed E-state index contributed by atoms with van der Waals surface area (Å²) in [4.78, 5) is 50.3. The molecular weight excluding hydrogens is 594 g/mol. The van der Waals surface area contributed by atoms with Crippen molar-refractivity contribution in [2.45, 2.75) is 43.2 Å². The third-order valence-electron chi connectivity index (χ3n) is 7.22. The number of cyclic esters (lactones) is 1. The van der Waals surface area contributed by atoms with Crippen LogP contribution in [0.15, 0.2) is 54.7 Å². The van der Waals surface area contributed by atoms with E-state index < -0.39 is 77.8 Å². The highest BCUT2D eigenvalue weighted by molar-refractivity contribution is 6.31. The maximum Gasteiger partial charge on any atom is 0.317 e. The van der Waals surface area contributed by atoms with E-state index in [0.29, 0.717) is 6.07 Å². The third-order valence-corrected chi connectivity index (χ3v) is 7.56. The molecular formula is C29H22ClF4N5O4. The second-order valence-corrected chi connectivity index (χ2v) is 10.6. The number of ether oxygens (including phenoxy) is 1. The number of nitrogens with one attached hydrogen (secondary N) is 1. The molecule has 1 saturated heterocycles. The number of rotatable bonds is 7. The molecule has 1 aliphatic heterocycles. The van der Waals surface area contributed by atoms with Crippen LogP contribution in [0.3, 0.4) is 0 Å². The standard InChI is InChI=1S/C29H22ClF4N5O4/c30-22-4-2-1-3-20(22)24(26(40)38-18-12-29(33,34)13-18)39(19-10-15(31)9-16(32)11-19)27(41)21-6-8-43-28(42)23(21)25-36-7-5-17(14-35)37-25/h1-5,7,9-11,18,21,23-24H,6,8,12-13H2,(H,38,40)/t21-,23?,24+/m1/s1. The average Bonchev–Trinajstić information content (AvgIpc) is 2.94. The molecule has 5 rings (SSSR count). The fraction of sp³-hybridized carbons (Fsp3) is 0.310. The number of hydrogen-bond donors (Lipinski definition) is 1. The highest BCUT2D eigenvalue weighted by atomic mass is 35.5. The van der Waals surface area contributed by atoms with Crippen LogP contribution in [-0.4, -0.2) is 46.3 Å². The minimum atomic E-state index is -2.98. The topological polar surface area (TPSA) is 125 Å². The van der Waals surface area contributed by atoms with Crippen LogP contribution >= 0.6 is 11.6 Å². The van der Waals surface area contributed by atoms with Gasteiger partial charge in [-0.15, -0.1) is 0 Å². The van der Waals surface area contributed by atoms with Gasteiger partial charge in [0.05, 0.1) is 18.2 Å². The van der Waals surface area contributed by atoms with Crippen molar-refractivity contribution in [3.05, 3.63) is 88.5 Å². The summed E-state index contributed by atoms with van der Waals surface area (Å²) in [6, 6.07) is 8.55. The van der Waals surface area contributed by atoms with E-state index in [0.717, 1.165) is 17.0 Å². The quantitative estimate of drug-likeness (QED) is 0.304. The summed E-state index contributed by atoms with van der Waals surface area (Å²) in [6.07, 6.45) is -0.160. The zero-order valence-electron chi connectivity index (χ0n) is 22.1. The Hall–Kier alpha value is -4.57. The van der Waals surface area contributed by atoms with E-state index in [1.54, 1.807) is 6.07 Å². The minimum absolute atomic E-state index is 0.000855. The van der Waals surface area contributed by atoms with E-state index in [-0.39, 0.29) is 35.1 Å². The molecule has 0 spiro atoms. The molecule has 9 nitrogen and oxygen atoms in total. The van der Waals surface area contributed by atoms with E-state index in [2.05, 4.69) is 15.3 Å². The van der Waals surface area contributed by atoms with Crippen molar-refractivity contribution in [3.8, 4) is 6.07 Å². The Kier molecular flexibility index (Phi) is 8.32. The lowest BCUT2D eigenvalue weighted by atomic mass is 9.84. The summed E-state index contributed by atoms with van der Waals surface area (Å²) in [7, 11) is 0. The molecule has 2 amide bonds. The maximum atomic E-state index is 14.6. The van der Waals surface area contributed by atoms with E-state index in [9.17, 15) is 37.2 Å². The predicted molar refractivity (Wildman–Crippen MR) is 143 cm³/mol. The molecule has 2 aromatic carbocycles. The Morgan fingerprint density at radius 2 is 1.84 bits per heavy atom. The van der Waals surface area contributed by atoms with Crippen molar-refractivity contribution in [2.75, 3.05) is 11.5 Å². The average molecular weight is 616 g/mol. The lowest BCUT2D eigenvalue weighted by molar-refractivity contribution is -0.155. The molecule has 222 valence electrons. The number of carbonyl (C=O) groups excluding carboxylic acids is 3. The first-order chi connectivity index (χ1) is 20.5. The molecule has 0 radical (unpaired) electrons. The number of benzene rings is 2. The van der Waals surface area contributed by atoms with Gasteiger partial charge in [0, 0.05) is 41.7 Å². The molecule has 1 N–H and O–H groups in total. The highest BCUT2D eigenvalue weighted by Crippen LogP contribution is 2.41. The number of nitriles is 1. The lowest BCUT2D eigenvalue weighted by Gasteiger charge is -2.40. The van der Waals surface area contributed by atoms with Crippen molar-refractivity contribution in [1.29, 1.82) is 5.26 Å². The SMILES string of the molecule is N#Cc1ccnc(C2C(=O)OCC[C@H]2C(=O)N(c2cc(F)cc(F)c2)[C@H](C(=O)NC2CC(F)(F)C2)c2ccccc2Cl)n1. The van der Waals surface area contributed by atoms with Crippen molar-refractivity contribution in [3.63, 3.8) is 0 Å². The van der Waals surface area contributed by atoms with Gasteiger partial charge in [0.25, 0.3) is 5.92 Å². The first kappa shape index (κ1) is 29.9. The Balaban J connectivity index is 1.65. The van der Waals surface area contributed by atoms with Crippen LogP contribution in [0.5, 0.6) is 0 Å². The number of aromatic nitrogens is 2. The van der Waals surface area contributed by atoms with Crippen LogP contribution in [0.2, 0.25) is 5.02 Å². The Morgan fingerprint density at radius 3 is 2.49 bits per heavy atom. The molecule has 2 heterocycles. The van der Waals surface area contributed by atoms with Crippen LogP contribution in [0, 0.1) is 28.9 Å². The van der Waals surface area contributed by atoms with Gasteiger partial charge in [-0.25, -0.2) is 27.5 Å². The predicted octanol–water partition coefficient (Wildman–Crippen LogP) is 4.61. The van der Waals surface area contributed by atoms with Gasteiger partial charge < -0.3 is 10.1 Å². The summed E-state index contributed by atoms with van der Waals surface area (Å²) >= 11 is 6.45. The Labute approximate surface area is 247 Å². The maximum absolute atomic E-state index is 14.6. The van der Waals surface area contributed by atoms with Gasteiger partial charge in [0.1, 0.15) is 41.2 Å². The fourth-order valence-corrected chi connectivity index (χ4v) is 5.48. The summed E-state index contributed by atoms with van der Waals surface area (Å²) in [5.74, 6) is -10.9. The number of amides is 2. The van der Waals surface area contributed by atoms with Gasteiger partial charge in [-0.3, -0.25) is 19.3 Å². The van der Waals surface area contributed by atoms with Gasteiger partial charge in [-0.2, -0.15) is 5.26 Å². The van der Waals surface area contributed by atoms with Crippen LogP contribution in [0.25, 0.3) is 0 Å². The molecule has 14 heteroatoms. The zero-order chi connectivity index (χ0) is 30.9. The summed E-state index contributed by atoms with van der Waals surface area (Å²) in [5, 5.41) is 11.8. The fourth-order valence-electron chi connectivity index (χ4n) is 5.24. The molecule has 3 aromatic rings. The Bertz CT molecular complexity index is 1610. The highest BCUT2D eigenvalue weighted by Gasteiger charge is 2.49. The second-order valence-electron chi connectivity index (χ2n) is 10.2. The van der Waals surface area contributed by atoms with E-state index in [1.807, 2.05) is 6.07 Å². The first-order valence-electron chi connectivity index (χ1n) is 13.1. The smallest absolute Gasteiger partial charge is 0.317 e. The molecule has 43 heavy (non-hydrogen) atoms. The molecule has 2 fully saturated rings. The van der Waals surface area contributed by atoms with Crippen molar-refractivity contribution in [2.24, 2.45) is 5.92 Å². The number of anilines is 1. The van der Waals surface area contributed by atoms with E-state index in [1.165, 1.54) is 30.5 Å². The normalized spacial score (nSPS) is 20.2. The van der Waals surface area contributed by atoms with Gasteiger partial charge in [0.2, 0.25) is 11.8 Å². The van der Waals surface area contributed by atoms with Crippen molar-refractivity contribution < 1.29 is 36.7 Å². The van der Waals surface area contributed by atoms with E-state index >= 15 is 0 Å². The summed E-state index contributed by atoms with van der Waals surface area (Å²) < 4.78 is 61.5. The number of halogens is 5. The van der Waals surface area contributed by atoms with Crippen LogP contribution in [0.1, 0.15) is 48.3 Å². The van der Waals surface area contributed by atoms with Gasteiger partial charge in [-0.05, 0) is 30.7 Å². The third kappa shape index (κ3) is 6.29. The number of esters is 1. The van der Waals surface area contributed by atoms with Crippen molar-refractivity contribution >= 4 is 35.1 Å². The molecule has 3 atom stereocenters. The van der Waals surface area contributed by atoms with Crippen LogP contribution in [-0.2, 0) is 19.1 Å². The summed E-state index contributed by atoms with van der Waals surface area (Å²) in [5.41, 5.74) is -0.460. The molecule has 1 aliphatic carbocycles. The molecule has 1 unspecified atom stereocenters. The van der Waals surface area contributed by atoms with Crippen LogP contribution < -0.4 is 10.2 Å². The van der Waals surface area contributed by atoms with Gasteiger partial charge >= 0.3 is 5.97 Å². The zero-order valence-corrected chi connectivity index (χ0v) is 22.9. The minimum Gasteiger partial charge on any atom is -0.465 e. The molecule has 1 aromatic heterocycles. The molecule has 1 saturated carbocycles. The summed E-state index contributed by atoms with van der Waals surface area (Å²) in [6.45, 7) is -0.213. The van der Waals surface area contributed by atoms with Gasteiger partial charge in [0.15, 0.2) is 0 Å². The molecule has 2 aliphatic rings. The molecule has 0 bridgehead atoms. The van der Waals surface area contributed by atoms with E-state index in [4.69, 9.17) is 16.3 Å². The second kappa shape index (κ2) is 12.0. The number of nitrogens with zero attached hydrogens (tertiary/aromatic N) is 4. The number of alkyl halides is 2. The number of carbonyl (C=O) groups is 3. The first-order valence-corrected chi connectivity index (χ1v) is 13.5. The number of hydrogen-bond acceptors (Lipinski definition) is 7.